The van der Waals surface area contributed by atoms with Crippen molar-refractivity contribution in [2.75, 3.05) is 0 Å². The summed E-state index contributed by atoms with van der Waals surface area (Å²) in [4.78, 5) is 0. The van der Waals surface area contributed by atoms with E-state index in [0.29, 0.717) is 0 Å². The molecule has 0 aromatic heterocycles. The molecule has 0 aromatic rings. The van der Waals surface area contributed by atoms with Gasteiger partial charge in [-0.3, -0.25) is 0 Å². The van der Waals surface area contributed by atoms with Crippen LogP contribution in [-0.2, 0) is 33.8 Å². The minimum atomic E-state index is 0. The third-order valence-corrected chi connectivity index (χ3v) is 0. The zero-order valence-corrected chi connectivity index (χ0v) is 7.74. The van der Waals surface area contributed by atoms with Crippen molar-refractivity contribution in [3.63, 3.8) is 0 Å². The van der Waals surface area contributed by atoms with Crippen LogP contribution in [0.5, 0.6) is 0 Å². The molecule has 9 heteroatoms. The Bertz CT molecular complexity index is 13.0. The fourth-order valence-corrected chi connectivity index (χ4v) is 0. The minimum absolute atomic E-state index is 0. The molecule has 60 valence electrons. The molecular weight excluding hydrogens is 234 g/mol. The topological polar surface area (TPSA) is 180 Å². The van der Waals surface area contributed by atoms with E-state index in [2.05, 4.69) is 0 Å². The third kappa shape index (κ3) is 226. The molecule has 0 unspecified atom stereocenters. The van der Waals surface area contributed by atoms with Crippen molar-refractivity contribution < 1.29 is 66.7 Å². The van der Waals surface area contributed by atoms with Gasteiger partial charge in [-0.2, -0.15) is 0 Å². The van der Waals surface area contributed by atoms with Gasteiger partial charge in [-0.15, -0.1) is 0 Å². The van der Waals surface area contributed by atoms with Gasteiger partial charge < -0.3 is 32.9 Å². The van der Waals surface area contributed by atoms with Crippen molar-refractivity contribution >= 4 is 23.1 Å². The maximum Gasteiger partial charge on any atom is 2.00 e. The van der Waals surface area contributed by atoms with Crippen molar-refractivity contribution in [1.29, 1.82) is 0 Å². The Morgan fingerprint density at radius 3 is 0.444 bits per heavy atom. The molecule has 0 rings (SSSR count). The average Bonchev–Trinajstić information content (AvgIpc) is 0. The van der Waals surface area contributed by atoms with Crippen molar-refractivity contribution in [3.8, 4) is 0 Å². The fourth-order valence-electron chi connectivity index (χ4n) is 0. The van der Waals surface area contributed by atoms with Gasteiger partial charge in [0.2, 0.25) is 0 Å². The summed E-state index contributed by atoms with van der Waals surface area (Å²) < 4.78 is 0. The Labute approximate surface area is 89.4 Å². The molecule has 0 amide bonds. The second kappa shape index (κ2) is 290. The molecule has 2 radical (unpaired) electrons. The summed E-state index contributed by atoms with van der Waals surface area (Å²) >= 11 is 0. The van der Waals surface area contributed by atoms with Crippen molar-refractivity contribution in [2.45, 2.75) is 0 Å². The molecule has 9 heavy (non-hydrogen) atoms. The number of rotatable bonds is 0. The van der Waals surface area contributed by atoms with Crippen LogP contribution in [0.25, 0.3) is 0 Å². The first-order chi connectivity index (χ1) is 0. The molecule has 0 saturated heterocycles. The maximum atomic E-state index is 0. The van der Waals surface area contributed by atoms with Gasteiger partial charge in [0.25, 0.3) is 0 Å². The van der Waals surface area contributed by atoms with E-state index in [-0.39, 0.29) is 89.8 Å². The zero-order valence-electron chi connectivity index (χ0n) is 4.10. The van der Waals surface area contributed by atoms with Gasteiger partial charge in [-0.1, -0.05) is 0 Å². The van der Waals surface area contributed by atoms with Crippen LogP contribution in [0, 0.1) is 0 Å². The summed E-state index contributed by atoms with van der Waals surface area (Å²) in [7, 11) is 0. The first-order valence-electron chi connectivity index (χ1n) is 0. The molecule has 0 saturated carbocycles. The van der Waals surface area contributed by atoms with Crippen molar-refractivity contribution in [1.82, 2.24) is 0 Å². The van der Waals surface area contributed by atoms with Crippen LogP contribution >= 0.6 is 0 Å². The van der Waals surface area contributed by atoms with Gasteiger partial charge in [0.05, 0.1) is 0 Å². The van der Waals surface area contributed by atoms with E-state index in [0.717, 1.165) is 0 Å². The minimum Gasteiger partial charge on any atom is -0.870 e. The van der Waals surface area contributed by atoms with Gasteiger partial charge in [0, 0.05) is 0 Å². The maximum absolute atomic E-state index is 0. The smallest absolute Gasteiger partial charge is 0.870 e. The zero-order chi connectivity index (χ0) is 0. The number of hydrogen-bond acceptors (Lipinski definition) is 6. The molecule has 0 aromatic carbocycles. The second-order valence-electron chi connectivity index (χ2n) is 0. The first kappa shape index (κ1) is 400. The Hall–Kier alpha value is 1.55. The van der Waals surface area contributed by atoms with E-state index in [4.69, 9.17) is 0 Å². The van der Waals surface area contributed by atoms with Gasteiger partial charge in [0.1, 0.15) is 0 Å². The van der Waals surface area contributed by atoms with Crippen LogP contribution < -0.4 is 0 Å². The molecule has 0 spiro atoms. The van der Waals surface area contributed by atoms with Crippen LogP contribution in [0.1, 0.15) is 0 Å². The quantitative estimate of drug-likeness (QED) is 0.467. The van der Waals surface area contributed by atoms with E-state index in [9.17, 15) is 0 Å². The van der Waals surface area contributed by atoms with E-state index in [1.807, 2.05) is 0 Å². The summed E-state index contributed by atoms with van der Waals surface area (Å²) in [5, 5.41) is 0. The molecule has 0 aliphatic carbocycles. The largest absolute Gasteiger partial charge is 2.00 e. The van der Waals surface area contributed by atoms with Gasteiger partial charge in [-0.05, 0) is 0 Å². The molecule has 0 fully saturated rings. The molecule has 0 aliphatic rings. The molecule has 6 nitrogen and oxygen atoms in total. The van der Waals surface area contributed by atoms with E-state index < -0.39 is 0 Å². The third-order valence-electron chi connectivity index (χ3n) is 0. The predicted octanol–water partition coefficient (Wildman–Crippen LogP) is -1.45. The summed E-state index contributed by atoms with van der Waals surface area (Å²) in [6.07, 6.45) is 0. The Balaban J connectivity index is 0. The second-order valence-corrected chi connectivity index (χ2v) is 0. The van der Waals surface area contributed by atoms with Crippen molar-refractivity contribution in [3.05, 3.63) is 0 Å². The van der Waals surface area contributed by atoms with Crippen LogP contribution in [0.3, 0.4) is 0 Å². The Kier molecular flexibility index (Phi) is 12900. The summed E-state index contributed by atoms with van der Waals surface area (Å²) in [5.74, 6) is 0. The monoisotopic (exact) mass is 240 g/mol. The summed E-state index contributed by atoms with van der Waals surface area (Å²) in [5.41, 5.74) is 0. The van der Waals surface area contributed by atoms with Gasteiger partial charge >= 0.3 is 56.9 Å². The van der Waals surface area contributed by atoms with Crippen LogP contribution in [0.4, 0.5) is 0 Å². The Morgan fingerprint density at radius 1 is 0.444 bits per heavy atom. The summed E-state index contributed by atoms with van der Waals surface area (Å²) in [6, 6.07) is 0. The van der Waals surface area contributed by atoms with Gasteiger partial charge in [-0.25, -0.2) is 0 Å². The number of hydrogen-bond donors (Lipinski definition) is 0. The molecule has 0 aliphatic heterocycles. The van der Waals surface area contributed by atoms with Crippen LogP contribution in [-0.4, -0.2) is 55.9 Å². The molecule has 0 bridgehead atoms. The van der Waals surface area contributed by atoms with Crippen LogP contribution in [0.2, 0.25) is 0 Å². The molecular formula is H6CoMgMnO6. The molecule has 0 atom stereocenters. The average molecular weight is 240 g/mol. The Morgan fingerprint density at radius 2 is 0.444 bits per heavy atom. The van der Waals surface area contributed by atoms with E-state index in [1.54, 1.807) is 0 Å². The van der Waals surface area contributed by atoms with E-state index >= 15 is 0 Å². The standard InChI is InChI=1S/Co.Mg.Mn.6H2O/h;;;6*1H2/q3*+2;;;;;;/p-6. The molecule has 0 heterocycles. The normalized spacial score (nSPS) is 0. The fraction of sp³-hybridized carbons (Fsp3) is 0. The SMILES string of the molecule is [Co+2].[Mg+2].[Mn+2].[OH-].[OH-].[OH-].[OH-].[OH-].[OH-]. The van der Waals surface area contributed by atoms with Crippen molar-refractivity contribution in [2.24, 2.45) is 0 Å². The first-order valence-corrected chi connectivity index (χ1v) is 0. The van der Waals surface area contributed by atoms with E-state index in [1.165, 1.54) is 0 Å². The van der Waals surface area contributed by atoms with Gasteiger partial charge in [0.15, 0.2) is 0 Å². The van der Waals surface area contributed by atoms with Crippen LogP contribution in [0.15, 0.2) is 0 Å². The predicted molar refractivity (Wildman–Crippen MR) is 17.4 cm³/mol. The summed E-state index contributed by atoms with van der Waals surface area (Å²) in [6.45, 7) is 0. The molecule has 6 N–H and O–H groups in total.